The van der Waals surface area contributed by atoms with Crippen molar-refractivity contribution in [2.24, 2.45) is 0 Å². The van der Waals surface area contributed by atoms with Gasteiger partial charge in [0.25, 0.3) is 0 Å². The quantitative estimate of drug-likeness (QED) is 0.489. The maximum atomic E-state index is 8.56. The Hall–Kier alpha value is -1.46. The van der Waals surface area contributed by atoms with Crippen molar-refractivity contribution >= 4 is 12.3 Å². The lowest BCUT2D eigenvalue weighted by molar-refractivity contribution is 0.135. The number of hydrogen-bond acceptors (Lipinski definition) is 2. The van der Waals surface area contributed by atoms with E-state index < -0.39 is 12.3 Å². The lowest BCUT2D eigenvalue weighted by atomic mass is 10.3. The van der Waals surface area contributed by atoms with Crippen molar-refractivity contribution in [3.05, 3.63) is 0 Å². The maximum Gasteiger partial charge on any atom is 0.503 e. The lowest BCUT2D eigenvalue weighted by Crippen LogP contribution is -1.81. The fourth-order valence-electron chi connectivity index (χ4n) is 0.354. The molecule has 6 heteroatoms. The average Bonchev–Trinajstić information content (AvgIpc) is 2.19. The first-order chi connectivity index (χ1) is 8.71. The van der Waals surface area contributed by atoms with E-state index in [4.69, 9.17) is 30.0 Å². The molecule has 4 N–H and O–H groups in total. The molecule has 0 aromatic heterocycles. The molecule has 128 valence electrons. The first-order valence-electron chi connectivity index (χ1n) is 6.55. The Bertz CT molecular complexity index is 125. The summed E-state index contributed by atoms with van der Waals surface area (Å²) in [4.78, 5) is 17.1. The zero-order chi connectivity index (χ0) is 16.7. The van der Waals surface area contributed by atoms with Crippen molar-refractivity contribution < 1.29 is 30.0 Å². The standard InChI is InChI=1S/C5H12.2C3H8.2CH2O3.CH4/c1-3-5-4-2;2*1-3-2;2*2-1(3)4;/h3-5H2,1-2H3;2*3H2,1-2H3;2*(H2,2,3,4);1H4. The van der Waals surface area contributed by atoms with Crippen LogP contribution in [0.1, 0.15) is 81.1 Å². The Morgan fingerprint density at radius 3 is 0.750 bits per heavy atom. The highest BCUT2D eigenvalue weighted by molar-refractivity contribution is 5.53. The van der Waals surface area contributed by atoms with Gasteiger partial charge in [0.1, 0.15) is 0 Å². The minimum atomic E-state index is -1.83. The first-order valence-corrected chi connectivity index (χ1v) is 6.55. The molecule has 0 unspecified atom stereocenters. The Morgan fingerprint density at radius 2 is 0.750 bits per heavy atom. The van der Waals surface area contributed by atoms with Crippen LogP contribution in [0.4, 0.5) is 9.59 Å². The largest absolute Gasteiger partial charge is 0.503 e. The van der Waals surface area contributed by atoms with Crippen LogP contribution in [0.15, 0.2) is 0 Å². The molecule has 0 saturated carbocycles. The third kappa shape index (κ3) is 13700. The van der Waals surface area contributed by atoms with Crippen LogP contribution in [0.25, 0.3) is 0 Å². The third-order valence-electron chi connectivity index (χ3n) is 0.707. The molecule has 0 fully saturated rings. The van der Waals surface area contributed by atoms with E-state index in [-0.39, 0.29) is 7.43 Å². The van der Waals surface area contributed by atoms with Crippen molar-refractivity contribution in [3.63, 3.8) is 0 Å². The zero-order valence-corrected chi connectivity index (χ0v) is 13.1. The highest BCUT2D eigenvalue weighted by atomic mass is 16.6. The van der Waals surface area contributed by atoms with Gasteiger partial charge in [0.2, 0.25) is 0 Å². The van der Waals surface area contributed by atoms with Gasteiger partial charge >= 0.3 is 12.3 Å². The summed E-state index contributed by atoms with van der Waals surface area (Å²) in [6, 6.07) is 0. The van der Waals surface area contributed by atoms with E-state index >= 15 is 0 Å². The van der Waals surface area contributed by atoms with E-state index in [1.807, 2.05) is 0 Å². The summed E-state index contributed by atoms with van der Waals surface area (Å²) in [6.45, 7) is 12.9. The molecule has 0 aromatic carbocycles. The van der Waals surface area contributed by atoms with Crippen molar-refractivity contribution in [1.29, 1.82) is 0 Å². The van der Waals surface area contributed by atoms with Gasteiger partial charge in [-0.05, 0) is 0 Å². The minimum Gasteiger partial charge on any atom is -0.450 e. The smallest absolute Gasteiger partial charge is 0.450 e. The van der Waals surface area contributed by atoms with Crippen LogP contribution in [-0.4, -0.2) is 32.7 Å². The molecule has 0 radical (unpaired) electrons. The monoisotopic (exact) mass is 300 g/mol. The summed E-state index contributed by atoms with van der Waals surface area (Å²) in [6.07, 6.45) is 2.91. The van der Waals surface area contributed by atoms with E-state index in [9.17, 15) is 0 Å². The lowest BCUT2D eigenvalue weighted by Gasteiger charge is -1.79. The van der Waals surface area contributed by atoms with Crippen LogP contribution < -0.4 is 0 Å². The second-order valence-corrected chi connectivity index (χ2v) is 3.33. The van der Waals surface area contributed by atoms with Crippen LogP contribution in [0.5, 0.6) is 0 Å². The molecule has 0 atom stereocenters. The summed E-state index contributed by atoms with van der Waals surface area (Å²) in [7, 11) is 0. The molecule has 0 saturated heterocycles. The molecule has 20 heavy (non-hydrogen) atoms. The number of unbranched alkanes of at least 4 members (excludes halogenated alkanes) is 2. The van der Waals surface area contributed by atoms with Gasteiger partial charge in [0.15, 0.2) is 0 Å². The summed E-state index contributed by atoms with van der Waals surface area (Å²) in [5.41, 5.74) is 0. The van der Waals surface area contributed by atoms with E-state index in [0.29, 0.717) is 0 Å². The van der Waals surface area contributed by atoms with Gasteiger partial charge in [-0.2, -0.15) is 0 Å². The van der Waals surface area contributed by atoms with Gasteiger partial charge in [0, 0.05) is 0 Å². The fourth-order valence-corrected chi connectivity index (χ4v) is 0.354. The average molecular weight is 300 g/mol. The predicted octanol–water partition coefficient (Wildman–Crippen LogP) is 6.11. The molecule has 6 nitrogen and oxygen atoms in total. The molecular formula is C14H36O6. The number of rotatable bonds is 2. The molecule has 0 rings (SSSR count). The van der Waals surface area contributed by atoms with E-state index in [2.05, 4.69) is 41.5 Å². The minimum absolute atomic E-state index is 0. The number of carbonyl (C=O) groups is 2. The third-order valence-corrected chi connectivity index (χ3v) is 0.707. The second-order valence-electron chi connectivity index (χ2n) is 3.33. The van der Waals surface area contributed by atoms with Gasteiger partial charge in [-0.15, -0.1) is 0 Å². The summed E-state index contributed by atoms with van der Waals surface area (Å²) in [5, 5.41) is 27.9. The van der Waals surface area contributed by atoms with Crippen LogP contribution in [0.3, 0.4) is 0 Å². The van der Waals surface area contributed by atoms with Crippen molar-refractivity contribution in [2.75, 3.05) is 0 Å². The van der Waals surface area contributed by atoms with Gasteiger partial charge in [-0.25, -0.2) is 9.59 Å². The van der Waals surface area contributed by atoms with Crippen molar-refractivity contribution in [2.45, 2.75) is 81.1 Å². The van der Waals surface area contributed by atoms with Gasteiger partial charge in [-0.1, -0.05) is 81.1 Å². The second kappa shape index (κ2) is 52.7. The summed E-state index contributed by atoms with van der Waals surface area (Å²) < 4.78 is 0. The first kappa shape index (κ1) is 36.3. The Morgan fingerprint density at radius 1 is 0.650 bits per heavy atom. The van der Waals surface area contributed by atoms with Crippen LogP contribution >= 0.6 is 0 Å². The molecule has 0 aliphatic heterocycles. The molecular weight excluding hydrogens is 264 g/mol. The van der Waals surface area contributed by atoms with Crippen molar-refractivity contribution in [1.82, 2.24) is 0 Å². The Kier molecular flexibility index (Phi) is 95.6. The van der Waals surface area contributed by atoms with Crippen LogP contribution in [0, 0.1) is 0 Å². The van der Waals surface area contributed by atoms with Gasteiger partial charge in [0.05, 0.1) is 0 Å². The normalized spacial score (nSPS) is 6.30. The number of hydrogen-bond donors (Lipinski definition) is 4. The van der Waals surface area contributed by atoms with Crippen LogP contribution in [0.2, 0.25) is 0 Å². The zero-order valence-electron chi connectivity index (χ0n) is 13.1. The van der Waals surface area contributed by atoms with Gasteiger partial charge < -0.3 is 20.4 Å². The maximum absolute atomic E-state index is 8.56. The Balaban J connectivity index is -0.0000000307. The molecule has 0 bridgehead atoms. The Labute approximate surface area is 124 Å². The number of carboxylic acid groups (broad SMARTS) is 4. The molecule has 0 aliphatic rings. The SMILES string of the molecule is C.CCC.CCC.CCCCC.O=C(O)O.O=C(O)O. The van der Waals surface area contributed by atoms with E-state index in [1.165, 1.54) is 32.1 Å². The highest BCUT2D eigenvalue weighted by Crippen LogP contribution is 1.88. The predicted molar refractivity (Wildman–Crippen MR) is 85.2 cm³/mol. The molecule has 0 spiro atoms. The van der Waals surface area contributed by atoms with E-state index in [1.54, 1.807) is 0 Å². The highest BCUT2D eigenvalue weighted by Gasteiger charge is 1.70. The summed E-state index contributed by atoms with van der Waals surface area (Å²) in [5.74, 6) is 0. The molecule has 0 aromatic rings. The van der Waals surface area contributed by atoms with Crippen molar-refractivity contribution in [3.8, 4) is 0 Å². The van der Waals surface area contributed by atoms with Gasteiger partial charge in [-0.3, -0.25) is 0 Å². The molecule has 0 heterocycles. The van der Waals surface area contributed by atoms with E-state index in [0.717, 1.165) is 0 Å². The molecule has 0 aliphatic carbocycles. The molecule has 0 amide bonds. The summed E-state index contributed by atoms with van der Waals surface area (Å²) >= 11 is 0. The topological polar surface area (TPSA) is 115 Å². The fraction of sp³-hybridized carbons (Fsp3) is 0.857. The van der Waals surface area contributed by atoms with Crippen LogP contribution in [-0.2, 0) is 0 Å².